The van der Waals surface area contributed by atoms with Crippen LogP contribution in [0, 0.1) is 5.92 Å². The summed E-state index contributed by atoms with van der Waals surface area (Å²) in [4.78, 5) is 72.8. The number of aliphatic hydroxyl groups is 1. The van der Waals surface area contributed by atoms with Crippen LogP contribution in [0.25, 0.3) is 0 Å². The number of carbonyl (C=O) groups excluding carboxylic acids is 4. The summed E-state index contributed by atoms with van der Waals surface area (Å²) in [5.74, 6) is -1.24. The lowest BCUT2D eigenvalue weighted by Crippen LogP contribution is -2.30. The SMILES string of the molecule is CCCCCCCCCCCCCCCCCCC(=O)OC[C@H](COP(=O)(O)OC[C@@H](O)COP(=O)(O)OC[C@@H](COC(=O)CCCCCCCCCC)OC(=O)CCCCCCCCCCCCCC)OC(=O)CCCCCCCCCCCCCCCCCCCCC(C)CC. The van der Waals surface area contributed by atoms with E-state index in [1.807, 2.05) is 0 Å². The van der Waals surface area contributed by atoms with Gasteiger partial charge >= 0.3 is 39.5 Å². The van der Waals surface area contributed by atoms with Gasteiger partial charge in [0.25, 0.3) is 0 Å². The summed E-state index contributed by atoms with van der Waals surface area (Å²) in [5, 5.41) is 10.6. The van der Waals surface area contributed by atoms with Gasteiger partial charge in [0.15, 0.2) is 12.2 Å². The van der Waals surface area contributed by atoms with Crippen LogP contribution in [0.4, 0.5) is 0 Å². The van der Waals surface area contributed by atoms with Gasteiger partial charge in [0.05, 0.1) is 26.4 Å². The number of unbranched alkanes of at least 4 members (excludes halogenated alkanes) is 50. The molecule has 0 saturated heterocycles. The summed E-state index contributed by atoms with van der Waals surface area (Å²) < 4.78 is 68.5. The number of ether oxygens (including phenoxy) is 4. The molecule has 0 bridgehead atoms. The van der Waals surface area contributed by atoms with Crippen LogP contribution in [-0.4, -0.2) is 96.7 Å². The van der Waals surface area contributed by atoms with E-state index in [1.54, 1.807) is 0 Å². The second-order valence-electron chi connectivity index (χ2n) is 28.7. The standard InChI is InChI=1S/C79H154O17P2/c1-6-10-13-16-19-22-24-26-27-33-36-40-43-48-53-58-63-77(82)90-69-75(96-79(84)65-60-55-50-45-41-37-34-31-29-28-30-32-35-38-42-46-51-56-61-72(5)9-4)71-94-98(87,88)92-67-73(80)66-91-97(85,86)93-70-74(68-89-76(81)62-57-52-47-21-18-15-12-8-3)95-78(83)64-59-54-49-44-39-25-23-20-17-14-11-7-2/h72-75,80H,6-71H2,1-5H3,(H,85,86)(H,87,88)/t72?,73-,74+,75+/m0/s1. The summed E-state index contributed by atoms with van der Waals surface area (Å²) >= 11 is 0. The van der Waals surface area contributed by atoms with E-state index in [-0.39, 0.29) is 25.7 Å². The lowest BCUT2D eigenvalue weighted by Gasteiger charge is -2.21. The van der Waals surface area contributed by atoms with Gasteiger partial charge in [-0.3, -0.25) is 37.3 Å². The fraction of sp³-hybridized carbons (Fsp3) is 0.949. The van der Waals surface area contributed by atoms with Crippen molar-refractivity contribution in [1.29, 1.82) is 0 Å². The molecule has 582 valence electrons. The molecule has 0 amide bonds. The van der Waals surface area contributed by atoms with E-state index in [0.29, 0.717) is 25.7 Å². The van der Waals surface area contributed by atoms with Gasteiger partial charge in [-0.2, -0.15) is 0 Å². The number of aliphatic hydroxyl groups excluding tert-OH is 1. The topological polar surface area (TPSA) is 237 Å². The third kappa shape index (κ3) is 71.1. The second-order valence-corrected chi connectivity index (χ2v) is 31.6. The summed E-state index contributed by atoms with van der Waals surface area (Å²) in [6.07, 6.45) is 62.5. The van der Waals surface area contributed by atoms with E-state index in [1.165, 1.54) is 238 Å². The van der Waals surface area contributed by atoms with Gasteiger partial charge in [-0.25, -0.2) is 9.13 Å². The molecule has 0 aromatic heterocycles. The van der Waals surface area contributed by atoms with Crippen molar-refractivity contribution in [3.8, 4) is 0 Å². The third-order valence-corrected chi connectivity index (χ3v) is 20.8. The molecule has 98 heavy (non-hydrogen) atoms. The van der Waals surface area contributed by atoms with Crippen molar-refractivity contribution >= 4 is 39.5 Å². The smallest absolute Gasteiger partial charge is 0.462 e. The monoisotopic (exact) mass is 1440 g/mol. The highest BCUT2D eigenvalue weighted by Crippen LogP contribution is 2.45. The van der Waals surface area contributed by atoms with Crippen LogP contribution >= 0.6 is 15.6 Å². The molecule has 0 rings (SSSR count). The number of esters is 4. The lowest BCUT2D eigenvalue weighted by atomic mass is 9.99. The number of hydrogen-bond acceptors (Lipinski definition) is 15. The summed E-state index contributed by atoms with van der Waals surface area (Å²) in [6, 6.07) is 0. The minimum atomic E-state index is -4.96. The molecule has 3 N–H and O–H groups in total. The zero-order chi connectivity index (χ0) is 71.9. The fourth-order valence-electron chi connectivity index (χ4n) is 12.2. The Bertz CT molecular complexity index is 1880. The fourth-order valence-corrected chi connectivity index (χ4v) is 13.8. The van der Waals surface area contributed by atoms with Crippen LogP contribution in [-0.2, 0) is 65.4 Å². The molecule has 0 heterocycles. The highest BCUT2D eigenvalue weighted by atomic mass is 31.2. The molecule has 0 fully saturated rings. The predicted octanol–water partition coefficient (Wildman–Crippen LogP) is 23.6. The third-order valence-electron chi connectivity index (χ3n) is 18.9. The van der Waals surface area contributed by atoms with Gasteiger partial charge in [-0.15, -0.1) is 0 Å². The zero-order valence-electron chi connectivity index (χ0n) is 63.9. The molecule has 6 atom stereocenters. The maximum absolute atomic E-state index is 13.1. The van der Waals surface area contributed by atoms with Crippen molar-refractivity contribution in [2.45, 2.75) is 438 Å². The first-order chi connectivity index (χ1) is 47.6. The average molecular weight is 1440 g/mol. The molecule has 19 heteroatoms. The largest absolute Gasteiger partial charge is 0.472 e. The Morgan fingerprint density at radius 2 is 0.490 bits per heavy atom. The maximum atomic E-state index is 13.1. The number of phosphoric acid groups is 2. The Labute approximate surface area is 600 Å². The van der Waals surface area contributed by atoms with Crippen molar-refractivity contribution in [2.75, 3.05) is 39.6 Å². The Kier molecular flexibility index (Phi) is 70.6. The molecule has 0 aromatic rings. The summed E-state index contributed by atoms with van der Waals surface area (Å²) in [6.45, 7) is 7.36. The second kappa shape index (κ2) is 72.0. The van der Waals surface area contributed by atoms with E-state index in [9.17, 15) is 43.2 Å². The van der Waals surface area contributed by atoms with Crippen molar-refractivity contribution in [3.63, 3.8) is 0 Å². The van der Waals surface area contributed by atoms with Gasteiger partial charge in [0.1, 0.15) is 19.3 Å². The maximum Gasteiger partial charge on any atom is 0.472 e. The van der Waals surface area contributed by atoms with E-state index in [0.717, 1.165) is 102 Å². The van der Waals surface area contributed by atoms with E-state index in [2.05, 4.69) is 34.6 Å². The molecule has 0 radical (unpaired) electrons. The van der Waals surface area contributed by atoms with Crippen LogP contribution in [0.5, 0.6) is 0 Å². The van der Waals surface area contributed by atoms with Crippen LogP contribution in [0.3, 0.4) is 0 Å². The average Bonchev–Trinajstić information content (AvgIpc) is 1.02. The Morgan fingerprint density at radius 3 is 0.724 bits per heavy atom. The van der Waals surface area contributed by atoms with Crippen molar-refractivity contribution < 1.29 is 80.2 Å². The summed E-state index contributed by atoms with van der Waals surface area (Å²) in [5.41, 5.74) is 0. The predicted molar refractivity (Wildman–Crippen MR) is 400 cm³/mol. The van der Waals surface area contributed by atoms with Crippen LogP contribution < -0.4 is 0 Å². The van der Waals surface area contributed by atoms with Crippen LogP contribution in [0.1, 0.15) is 420 Å². The number of carbonyl (C=O) groups is 4. The first-order valence-electron chi connectivity index (χ1n) is 41.2. The molecular weight excluding hydrogens is 1280 g/mol. The number of phosphoric ester groups is 2. The first kappa shape index (κ1) is 96.1. The molecule has 0 spiro atoms. The van der Waals surface area contributed by atoms with Crippen molar-refractivity contribution in [3.05, 3.63) is 0 Å². The van der Waals surface area contributed by atoms with Gasteiger partial charge in [-0.05, 0) is 31.6 Å². The lowest BCUT2D eigenvalue weighted by molar-refractivity contribution is -0.161. The van der Waals surface area contributed by atoms with Gasteiger partial charge in [0.2, 0.25) is 0 Å². The van der Waals surface area contributed by atoms with E-state index >= 15 is 0 Å². The van der Waals surface area contributed by atoms with E-state index in [4.69, 9.17) is 37.0 Å². The van der Waals surface area contributed by atoms with Crippen LogP contribution in [0.15, 0.2) is 0 Å². The zero-order valence-corrected chi connectivity index (χ0v) is 65.7. The molecular formula is C79H154O17P2. The summed E-state index contributed by atoms with van der Waals surface area (Å²) in [7, 11) is -9.91. The molecule has 17 nitrogen and oxygen atoms in total. The van der Waals surface area contributed by atoms with Crippen LogP contribution in [0.2, 0.25) is 0 Å². The molecule has 0 aliphatic carbocycles. The molecule has 0 aromatic carbocycles. The first-order valence-corrected chi connectivity index (χ1v) is 44.2. The quantitative estimate of drug-likeness (QED) is 0.0222. The normalized spacial score (nSPS) is 14.2. The molecule has 0 aliphatic rings. The Morgan fingerprint density at radius 1 is 0.286 bits per heavy atom. The Balaban J connectivity index is 5.17. The Hall–Kier alpha value is -1.94. The van der Waals surface area contributed by atoms with Gasteiger partial charge < -0.3 is 33.8 Å². The highest BCUT2D eigenvalue weighted by Gasteiger charge is 2.30. The minimum absolute atomic E-state index is 0.108. The minimum Gasteiger partial charge on any atom is -0.462 e. The van der Waals surface area contributed by atoms with Crippen molar-refractivity contribution in [2.24, 2.45) is 5.92 Å². The number of hydrogen-bond donors (Lipinski definition) is 3. The van der Waals surface area contributed by atoms with Crippen molar-refractivity contribution in [1.82, 2.24) is 0 Å². The molecule has 3 unspecified atom stereocenters. The molecule has 0 saturated carbocycles. The molecule has 0 aliphatic heterocycles. The van der Waals surface area contributed by atoms with Gasteiger partial charge in [0, 0.05) is 25.7 Å². The highest BCUT2D eigenvalue weighted by molar-refractivity contribution is 7.47. The van der Waals surface area contributed by atoms with Gasteiger partial charge in [-0.1, -0.05) is 369 Å². The van der Waals surface area contributed by atoms with E-state index < -0.39 is 97.5 Å². The number of rotatable bonds is 79.